The number of fused-ring (bicyclic) bond motifs is 1. The minimum Gasteiger partial charge on any atom is -0.394 e. The van der Waals surface area contributed by atoms with Crippen LogP contribution in [0, 0.1) is 0 Å². The lowest BCUT2D eigenvalue weighted by Gasteiger charge is -2.19. The van der Waals surface area contributed by atoms with Crippen molar-refractivity contribution in [3.05, 3.63) is 54.1 Å². The van der Waals surface area contributed by atoms with E-state index in [0.29, 0.717) is 6.54 Å². The van der Waals surface area contributed by atoms with Gasteiger partial charge in [-0.2, -0.15) is 0 Å². The maximum absolute atomic E-state index is 9.91. The lowest BCUT2D eigenvalue weighted by molar-refractivity contribution is 0.0824. The molecule has 4 nitrogen and oxygen atoms in total. The van der Waals surface area contributed by atoms with E-state index in [4.69, 9.17) is 4.98 Å². The predicted molar refractivity (Wildman–Crippen MR) is 97.0 cm³/mol. The molecule has 0 saturated heterocycles. The van der Waals surface area contributed by atoms with Gasteiger partial charge in [0.05, 0.1) is 30.3 Å². The molecule has 0 fully saturated rings. The fraction of sp³-hybridized carbons (Fsp3) is 0.350. The SMILES string of the molecule is CC(C)(C)c1ccc(-c2nc3ccccc3n2CC(O)CO)cc1. The Morgan fingerprint density at radius 2 is 1.71 bits per heavy atom. The molecule has 0 aliphatic rings. The molecule has 1 unspecified atom stereocenters. The molecule has 2 N–H and O–H groups in total. The first kappa shape index (κ1) is 16.7. The molecule has 0 spiro atoms. The van der Waals surface area contributed by atoms with Crippen molar-refractivity contribution in [2.24, 2.45) is 0 Å². The van der Waals surface area contributed by atoms with Crippen LogP contribution in [0.1, 0.15) is 26.3 Å². The van der Waals surface area contributed by atoms with Crippen LogP contribution in [0.5, 0.6) is 0 Å². The topological polar surface area (TPSA) is 58.3 Å². The van der Waals surface area contributed by atoms with Crippen molar-refractivity contribution in [2.75, 3.05) is 6.61 Å². The Hall–Kier alpha value is -2.17. The first-order valence-electron chi connectivity index (χ1n) is 8.25. The average Bonchev–Trinajstić information content (AvgIpc) is 2.93. The second-order valence-electron chi connectivity index (χ2n) is 7.20. The molecule has 0 amide bonds. The van der Waals surface area contributed by atoms with Crippen molar-refractivity contribution in [2.45, 2.75) is 38.8 Å². The van der Waals surface area contributed by atoms with Gasteiger partial charge in [-0.1, -0.05) is 57.2 Å². The van der Waals surface area contributed by atoms with Gasteiger partial charge in [-0.3, -0.25) is 0 Å². The number of hydrogen-bond donors (Lipinski definition) is 2. The van der Waals surface area contributed by atoms with Gasteiger partial charge in [-0.05, 0) is 23.1 Å². The summed E-state index contributed by atoms with van der Waals surface area (Å²) in [5.41, 5.74) is 4.22. The van der Waals surface area contributed by atoms with Crippen LogP contribution in [0.25, 0.3) is 22.4 Å². The highest BCUT2D eigenvalue weighted by molar-refractivity contribution is 5.80. The number of rotatable bonds is 4. The second kappa shape index (κ2) is 6.38. The zero-order chi connectivity index (χ0) is 17.3. The number of hydrogen-bond acceptors (Lipinski definition) is 3. The van der Waals surface area contributed by atoms with Gasteiger partial charge in [0.25, 0.3) is 0 Å². The fourth-order valence-electron chi connectivity index (χ4n) is 2.87. The number of aliphatic hydroxyl groups excluding tert-OH is 2. The zero-order valence-corrected chi connectivity index (χ0v) is 14.4. The van der Waals surface area contributed by atoms with Gasteiger partial charge in [-0.25, -0.2) is 4.98 Å². The van der Waals surface area contributed by atoms with E-state index in [1.807, 2.05) is 28.8 Å². The first-order valence-corrected chi connectivity index (χ1v) is 8.25. The third kappa shape index (κ3) is 3.21. The number of imidazole rings is 1. The number of aliphatic hydroxyl groups is 2. The Balaban J connectivity index is 2.09. The van der Waals surface area contributed by atoms with Crippen molar-refractivity contribution in [1.82, 2.24) is 9.55 Å². The maximum atomic E-state index is 9.91. The lowest BCUT2D eigenvalue weighted by Crippen LogP contribution is -2.20. The molecular formula is C20H24N2O2. The van der Waals surface area contributed by atoms with Crippen LogP contribution in [-0.4, -0.2) is 32.5 Å². The van der Waals surface area contributed by atoms with E-state index in [1.165, 1.54) is 5.56 Å². The van der Waals surface area contributed by atoms with Crippen LogP contribution in [0.3, 0.4) is 0 Å². The molecule has 3 aromatic rings. The molecule has 126 valence electrons. The van der Waals surface area contributed by atoms with E-state index in [-0.39, 0.29) is 12.0 Å². The smallest absolute Gasteiger partial charge is 0.141 e. The molecule has 0 saturated carbocycles. The van der Waals surface area contributed by atoms with Gasteiger partial charge in [0.15, 0.2) is 0 Å². The normalized spacial score (nSPS) is 13.4. The molecule has 0 bridgehead atoms. The monoisotopic (exact) mass is 324 g/mol. The molecule has 0 aliphatic heterocycles. The van der Waals surface area contributed by atoms with Crippen LogP contribution in [0.2, 0.25) is 0 Å². The van der Waals surface area contributed by atoms with E-state index in [1.54, 1.807) is 0 Å². The van der Waals surface area contributed by atoms with Crippen LogP contribution in [-0.2, 0) is 12.0 Å². The number of benzene rings is 2. The van der Waals surface area contributed by atoms with Crippen LogP contribution in [0.15, 0.2) is 48.5 Å². The van der Waals surface area contributed by atoms with E-state index in [2.05, 4.69) is 45.0 Å². The molecule has 1 atom stereocenters. The molecule has 0 aliphatic carbocycles. The van der Waals surface area contributed by atoms with E-state index in [9.17, 15) is 10.2 Å². The van der Waals surface area contributed by atoms with Gasteiger partial charge < -0.3 is 14.8 Å². The highest BCUT2D eigenvalue weighted by atomic mass is 16.3. The largest absolute Gasteiger partial charge is 0.394 e. The number of nitrogens with zero attached hydrogens (tertiary/aromatic N) is 2. The molecule has 1 heterocycles. The van der Waals surface area contributed by atoms with Crippen LogP contribution < -0.4 is 0 Å². The maximum Gasteiger partial charge on any atom is 0.141 e. The van der Waals surface area contributed by atoms with Crippen molar-refractivity contribution >= 4 is 11.0 Å². The zero-order valence-electron chi connectivity index (χ0n) is 14.4. The molecule has 3 rings (SSSR count). The Morgan fingerprint density at radius 3 is 2.33 bits per heavy atom. The Bertz CT molecular complexity index is 829. The molecule has 4 heteroatoms. The second-order valence-corrected chi connectivity index (χ2v) is 7.20. The molecule has 0 radical (unpaired) electrons. The van der Waals surface area contributed by atoms with E-state index < -0.39 is 6.10 Å². The summed E-state index contributed by atoms with van der Waals surface area (Å²) in [6, 6.07) is 16.3. The summed E-state index contributed by atoms with van der Waals surface area (Å²) in [6.07, 6.45) is -0.810. The minimum atomic E-state index is -0.810. The predicted octanol–water partition coefficient (Wildman–Crippen LogP) is 3.35. The quantitative estimate of drug-likeness (QED) is 0.774. The lowest BCUT2D eigenvalue weighted by atomic mass is 9.87. The summed E-state index contributed by atoms with van der Waals surface area (Å²) in [4.78, 5) is 4.73. The summed E-state index contributed by atoms with van der Waals surface area (Å²) < 4.78 is 1.97. The third-order valence-electron chi connectivity index (χ3n) is 4.27. The highest BCUT2D eigenvalue weighted by Crippen LogP contribution is 2.28. The third-order valence-corrected chi connectivity index (χ3v) is 4.27. The van der Waals surface area contributed by atoms with Crippen molar-refractivity contribution in [3.8, 4) is 11.4 Å². The van der Waals surface area contributed by atoms with Crippen molar-refractivity contribution in [3.63, 3.8) is 0 Å². The molecule has 24 heavy (non-hydrogen) atoms. The summed E-state index contributed by atoms with van der Waals surface area (Å²) in [7, 11) is 0. The molecular weight excluding hydrogens is 300 g/mol. The van der Waals surface area contributed by atoms with Gasteiger partial charge in [-0.15, -0.1) is 0 Å². The van der Waals surface area contributed by atoms with E-state index in [0.717, 1.165) is 22.4 Å². The highest BCUT2D eigenvalue weighted by Gasteiger charge is 2.17. The van der Waals surface area contributed by atoms with Gasteiger partial charge >= 0.3 is 0 Å². The Kier molecular flexibility index (Phi) is 4.43. The molecule has 1 aromatic heterocycles. The Morgan fingerprint density at radius 1 is 1.04 bits per heavy atom. The van der Waals surface area contributed by atoms with Gasteiger partial charge in [0.1, 0.15) is 5.82 Å². The van der Waals surface area contributed by atoms with E-state index >= 15 is 0 Å². The summed E-state index contributed by atoms with van der Waals surface area (Å²) >= 11 is 0. The number of aromatic nitrogens is 2. The number of para-hydroxylation sites is 2. The van der Waals surface area contributed by atoms with Crippen molar-refractivity contribution in [1.29, 1.82) is 0 Å². The Labute approximate surface area is 142 Å². The summed E-state index contributed by atoms with van der Waals surface area (Å²) in [5, 5.41) is 19.1. The minimum absolute atomic E-state index is 0.103. The summed E-state index contributed by atoms with van der Waals surface area (Å²) in [5.74, 6) is 0.809. The van der Waals surface area contributed by atoms with Crippen LogP contribution >= 0.6 is 0 Å². The summed E-state index contributed by atoms with van der Waals surface area (Å²) in [6.45, 7) is 6.61. The average molecular weight is 324 g/mol. The van der Waals surface area contributed by atoms with Gasteiger partial charge in [0.2, 0.25) is 0 Å². The first-order chi connectivity index (χ1) is 11.4. The van der Waals surface area contributed by atoms with Crippen molar-refractivity contribution < 1.29 is 10.2 Å². The standard InChI is InChI=1S/C20H24N2O2/c1-20(2,3)15-10-8-14(9-11-15)19-21-17-6-4-5-7-18(17)22(19)12-16(24)13-23/h4-11,16,23-24H,12-13H2,1-3H3. The molecule has 2 aromatic carbocycles. The van der Waals surface area contributed by atoms with Gasteiger partial charge in [0, 0.05) is 5.56 Å². The fourth-order valence-corrected chi connectivity index (χ4v) is 2.87. The van der Waals surface area contributed by atoms with Crippen LogP contribution in [0.4, 0.5) is 0 Å².